The van der Waals surface area contributed by atoms with Gasteiger partial charge in [-0.25, -0.2) is 4.98 Å². The van der Waals surface area contributed by atoms with Crippen LogP contribution in [-0.4, -0.2) is 4.98 Å². The molecule has 0 fully saturated rings. The van der Waals surface area contributed by atoms with E-state index < -0.39 is 0 Å². The van der Waals surface area contributed by atoms with Crippen LogP contribution >= 0.6 is 27.3 Å². The Kier molecular flexibility index (Phi) is 3.16. The maximum absolute atomic E-state index is 5.82. The average molecular weight is 323 g/mol. The fourth-order valence-electron chi connectivity index (χ4n) is 2.76. The van der Waals surface area contributed by atoms with E-state index in [0.717, 1.165) is 17.3 Å². The maximum Gasteiger partial charge on any atom is 0.180 e. The summed E-state index contributed by atoms with van der Waals surface area (Å²) < 4.78 is 1.16. The Balaban J connectivity index is 2.06. The van der Waals surface area contributed by atoms with Crippen LogP contribution in [0.5, 0.6) is 0 Å². The predicted octanol–water partition coefficient (Wildman–Crippen LogP) is 4.13. The van der Waals surface area contributed by atoms with Gasteiger partial charge in [0.25, 0.3) is 0 Å². The van der Waals surface area contributed by atoms with Gasteiger partial charge in [0.2, 0.25) is 0 Å². The molecule has 4 heteroatoms. The molecule has 1 heterocycles. The van der Waals surface area contributed by atoms with E-state index in [1.54, 1.807) is 11.3 Å². The third-order valence-corrected chi connectivity index (χ3v) is 5.13. The first-order valence-corrected chi connectivity index (χ1v) is 7.83. The Morgan fingerprint density at radius 2 is 2.33 bits per heavy atom. The summed E-state index contributed by atoms with van der Waals surface area (Å²) in [4.78, 5) is 5.81. The molecule has 94 valence electrons. The molecule has 0 saturated heterocycles. The van der Waals surface area contributed by atoms with Gasteiger partial charge in [-0.1, -0.05) is 28.9 Å². The smallest absolute Gasteiger partial charge is 0.180 e. The van der Waals surface area contributed by atoms with Crippen molar-refractivity contribution >= 4 is 32.4 Å². The quantitative estimate of drug-likeness (QED) is 0.902. The summed E-state index contributed by atoms with van der Waals surface area (Å²) in [7, 11) is 0. The van der Waals surface area contributed by atoms with Gasteiger partial charge in [-0.15, -0.1) is 11.3 Å². The number of nitrogens with zero attached hydrogens (tertiary/aromatic N) is 1. The molecule has 2 N–H and O–H groups in total. The molecule has 0 amide bonds. The van der Waals surface area contributed by atoms with Gasteiger partial charge in [-0.05, 0) is 42.5 Å². The van der Waals surface area contributed by atoms with Crippen LogP contribution in [0.1, 0.15) is 41.0 Å². The number of aromatic nitrogens is 1. The van der Waals surface area contributed by atoms with Crippen LogP contribution in [0, 0.1) is 0 Å². The molecule has 0 radical (unpaired) electrons. The van der Waals surface area contributed by atoms with E-state index in [0.29, 0.717) is 11.0 Å². The van der Waals surface area contributed by atoms with Crippen molar-refractivity contribution in [1.29, 1.82) is 0 Å². The Morgan fingerprint density at radius 1 is 1.50 bits per heavy atom. The number of benzene rings is 1. The highest BCUT2D eigenvalue weighted by Gasteiger charge is 2.29. The lowest BCUT2D eigenvalue weighted by atomic mass is 9.92. The van der Waals surface area contributed by atoms with Gasteiger partial charge in [-0.2, -0.15) is 0 Å². The lowest BCUT2D eigenvalue weighted by Crippen LogP contribution is -1.99. The maximum atomic E-state index is 5.82. The average Bonchev–Trinajstić information content (AvgIpc) is 2.88. The molecule has 3 rings (SSSR count). The highest BCUT2D eigenvalue weighted by Crippen LogP contribution is 2.43. The highest BCUT2D eigenvalue weighted by molar-refractivity contribution is 9.10. The number of nitrogens with two attached hydrogens (primary N) is 1. The first-order valence-electron chi connectivity index (χ1n) is 6.22. The normalized spacial score (nSPS) is 18.0. The number of fused-ring (bicyclic) bond motifs is 1. The van der Waals surface area contributed by atoms with Gasteiger partial charge in [0.1, 0.15) is 0 Å². The molecule has 0 bridgehead atoms. The number of aryl methyl sites for hydroxylation is 2. The van der Waals surface area contributed by atoms with E-state index >= 15 is 0 Å². The molecule has 1 aliphatic carbocycles. The van der Waals surface area contributed by atoms with Crippen LogP contribution in [0.15, 0.2) is 22.7 Å². The Bertz CT molecular complexity index is 591. The monoisotopic (exact) mass is 322 g/mol. The van der Waals surface area contributed by atoms with Crippen molar-refractivity contribution in [3.63, 3.8) is 0 Å². The lowest BCUT2D eigenvalue weighted by molar-refractivity contribution is 0.779. The molecular weight excluding hydrogens is 308 g/mol. The van der Waals surface area contributed by atoms with Gasteiger partial charge >= 0.3 is 0 Å². The van der Waals surface area contributed by atoms with Gasteiger partial charge < -0.3 is 5.73 Å². The van der Waals surface area contributed by atoms with E-state index in [-0.39, 0.29) is 0 Å². The minimum atomic E-state index is 0.498. The molecule has 2 nitrogen and oxygen atoms in total. The summed E-state index contributed by atoms with van der Waals surface area (Å²) in [6, 6.07) is 6.62. The second kappa shape index (κ2) is 4.67. The molecule has 1 aliphatic rings. The standard InChI is InChI=1S/C14H15BrN2S/c1-2-8-7-9(15)3-4-10(8)11-5-6-12-13(11)18-14(16)17-12/h3-4,7,11H,2,5-6H2,1H3,(H2,16,17). The Labute approximate surface area is 119 Å². The number of anilines is 1. The zero-order valence-corrected chi connectivity index (χ0v) is 12.6. The van der Waals surface area contributed by atoms with Gasteiger partial charge in [0.05, 0.1) is 5.69 Å². The second-order valence-electron chi connectivity index (χ2n) is 4.65. The predicted molar refractivity (Wildman–Crippen MR) is 80.2 cm³/mol. The first kappa shape index (κ1) is 12.2. The van der Waals surface area contributed by atoms with Crippen LogP contribution < -0.4 is 5.73 Å². The van der Waals surface area contributed by atoms with Crippen molar-refractivity contribution < 1.29 is 0 Å². The number of halogens is 1. The highest BCUT2D eigenvalue weighted by atomic mass is 79.9. The summed E-state index contributed by atoms with van der Waals surface area (Å²) in [5, 5.41) is 0.708. The van der Waals surface area contributed by atoms with Gasteiger partial charge in [0.15, 0.2) is 5.13 Å². The molecule has 1 aromatic heterocycles. The van der Waals surface area contributed by atoms with E-state index in [1.165, 1.54) is 28.1 Å². The van der Waals surface area contributed by atoms with Crippen LogP contribution in [0.4, 0.5) is 5.13 Å². The minimum absolute atomic E-state index is 0.498. The van der Waals surface area contributed by atoms with Crippen molar-refractivity contribution in [2.75, 3.05) is 5.73 Å². The molecule has 1 aromatic carbocycles. The summed E-state index contributed by atoms with van der Waals surface area (Å²) in [6.07, 6.45) is 3.30. The van der Waals surface area contributed by atoms with E-state index in [1.807, 2.05) is 0 Å². The summed E-state index contributed by atoms with van der Waals surface area (Å²) in [5.74, 6) is 0.498. The molecule has 18 heavy (non-hydrogen) atoms. The van der Waals surface area contributed by atoms with Crippen LogP contribution in [-0.2, 0) is 12.8 Å². The largest absolute Gasteiger partial charge is 0.375 e. The van der Waals surface area contributed by atoms with Crippen molar-refractivity contribution in [3.8, 4) is 0 Å². The van der Waals surface area contributed by atoms with Crippen LogP contribution in [0.3, 0.4) is 0 Å². The third-order valence-electron chi connectivity index (χ3n) is 3.59. The minimum Gasteiger partial charge on any atom is -0.375 e. The first-order chi connectivity index (χ1) is 8.69. The number of thiazole rings is 1. The van der Waals surface area contributed by atoms with E-state index in [9.17, 15) is 0 Å². The molecular formula is C14H15BrN2S. The summed E-state index contributed by atoms with van der Waals surface area (Å²) in [6.45, 7) is 2.21. The van der Waals surface area contributed by atoms with E-state index in [4.69, 9.17) is 5.73 Å². The molecule has 2 aromatic rings. The lowest BCUT2D eigenvalue weighted by Gasteiger charge is -2.15. The van der Waals surface area contributed by atoms with Gasteiger partial charge in [0, 0.05) is 15.3 Å². The van der Waals surface area contributed by atoms with Crippen molar-refractivity contribution in [2.45, 2.75) is 32.1 Å². The van der Waals surface area contributed by atoms with Crippen molar-refractivity contribution in [1.82, 2.24) is 4.98 Å². The van der Waals surface area contributed by atoms with Crippen molar-refractivity contribution in [3.05, 3.63) is 44.4 Å². The summed E-state index contributed by atoms with van der Waals surface area (Å²) in [5.41, 5.74) is 9.91. The van der Waals surface area contributed by atoms with E-state index in [2.05, 4.69) is 46.0 Å². The molecule has 1 atom stereocenters. The SMILES string of the molecule is CCc1cc(Br)ccc1C1CCc2nc(N)sc21. The molecule has 0 spiro atoms. The number of hydrogen-bond acceptors (Lipinski definition) is 3. The summed E-state index contributed by atoms with van der Waals surface area (Å²) >= 11 is 5.21. The molecule has 0 aliphatic heterocycles. The Morgan fingerprint density at radius 3 is 3.11 bits per heavy atom. The van der Waals surface area contributed by atoms with Crippen LogP contribution in [0.25, 0.3) is 0 Å². The zero-order valence-electron chi connectivity index (χ0n) is 10.2. The van der Waals surface area contributed by atoms with Crippen LogP contribution in [0.2, 0.25) is 0 Å². The topological polar surface area (TPSA) is 38.9 Å². The molecule has 1 unspecified atom stereocenters. The fraction of sp³-hybridized carbons (Fsp3) is 0.357. The fourth-order valence-corrected chi connectivity index (χ4v) is 4.21. The number of rotatable bonds is 2. The van der Waals surface area contributed by atoms with Crippen molar-refractivity contribution in [2.24, 2.45) is 0 Å². The second-order valence-corrected chi connectivity index (χ2v) is 6.63. The Hall–Kier alpha value is -0.870. The number of hydrogen-bond donors (Lipinski definition) is 1. The molecule has 0 saturated carbocycles. The third kappa shape index (κ3) is 1.97. The number of nitrogen functional groups attached to an aromatic ring is 1. The zero-order chi connectivity index (χ0) is 12.7. The van der Waals surface area contributed by atoms with Gasteiger partial charge in [-0.3, -0.25) is 0 Å².